The van der Waals surface area contributed by atoms with Gasteiger partial charge in [-0.25, -0.2) is 0 Å². The molecule has 0 bridgehead atoms. The molecule has 0 fully saturated rings. The Kier molecular flexibility index (Phi) is 5.02. The van der Waals surface area contributed by atoms with Crippen molar-refractivity contribution in [1.82, 2.24) is 4.98 Å². The third-order valence-electron chi connectivity index (χ3n) is 2.37. The van der Waals surface area contributed by atoms with Gasteiger partial charge in [-0.2, -0.15) is 0 Å². The number of nitrogens with one attached hydrogen (secondary N) is 1. The van der Waals surface area contributed by atoms with Gasteiger partial charge >= 0.3 is 0 Å². The molecule has 2 rings (SSSR count). The first-order valence-electron chi connectivity index (χ1n) is 5.87. The summed E-state index contributed by atoms with van der Waals surface area (Å²) < 4.78 is 6.53. The van der Waals surface area contributed by atoms with E-state index in [1.807, 2.05) is 24.3 Å². The first-order chi connectivity index (χ1) is 8.84. The molecule has 3 nitrogen and oxygen atoms in total. The lowest BCUT2D eigenvalue weighted by Crippen LogP contribution is -2.07. The minimum absolute atomic E-state index is 0.679. The Labute approximate surface area is 115 Å². The number of pyridine rings is 1. The smallest absolute Gasteiger partial charge is 0.138 e. The lowest BCUT2D eigenvalue weighted by atomic mass is 10.3. The van der Waals surface area contributed by atoms with E-state index in [9.17, 15) is 0 Å². The van der Waals surface area contributed by atoms with Crippen molar-refractivity contribution in [3.05, 3.63) is 53.3 Å². The molecule has 1 aromatic heterocycles. The van der Waals surface area contributed by atoms with Gasteiger partial charge in [-0.3, -0.25) is 4.98 Å². The molecule has 0 aliphatic heterocycles. The second-order valence-corrected chi connectivity index (χ2v) is 4.75. The van der Waals surface area contributed by atoms with Gasteiger partial charge in [0.05, 0.1) is 12.8 Å². The van der Waals surface area contributed by atoms with Crippen LogP contribution in [-0.4, -0.2) is 18.1 Å². The summed E-state index contributed by atoms with van der Waals surface area (Å²) in [5.74, 6) is 0.795. The minimum Gasteiger partial charge on any atom is -0.492 e. The average Bonchev–Trinajstić information content (AvgIpc) is 2.40. The van der Waals surface area contributed by atoms with Crippen molar-refractivity contribution < 1.29 is 4.74 Å². The van der Waals surface area contributed by atoms with E-state index in [0.717, 1.165) is 28.9 Å². The van der Waals surface area contributed by atoms with Crippen molar-refractivity contribution in [1.29, 1.82) is 0 Å². The molecule has 0 aliphatic carbocycles. The molecule has 0 spiro atoms. The molecule has 1 N–H and O–H groups in total. The summed E-state index contributed by atoms with van der Waals surface area (Å²) >= 11 is 3.36. The predicted molar refractivity (Wildman–Crippen MR) is 77.0 cm³/mol. The summed E-state index contributed by atoms with van der Waals surface area (Å²) in [6, 6.07) is 12.1. The van der Waals surface area contributed by atoms with Crippen molar-refractivity contribution in [2.45, 2.75) is 6.42 Å². The van der Waals surface area contributed by atoms with E-state index in [4.69, 9.17) is 4.74 Å². The quantitative estimate of drug-likeness (QED) is 0.826. The summed E-state index contributed by atoms with van der Waals surface area (Å²) in [4.78, 5) is 4.04. The van der Waals surface area contributed by atoms with Gasteiger partial charge in [0.1, 0.15) is 5.75 Å². The van der Waals surface area contributed by atoms with Gasteiger partial charge < -0.3 is 10.1 Å². The minimum atomic E-state index is 0.679. The Hall–Kier alpha value is -1.55. The second-order valence-electron chi connectivity index (χ2n) is 3.83. The summed E-state index contributed by atoms with van der Waals surface area (Å²) in [6.07, 6.45) is 4.40. The first kappa shape index (κ1) is 12.9. The molecular weight excluding hydrogens is 292 g/mol. The van der Waals surface area contributed by atoms with Crippen molar-refractivity contribution >= 4 is 21.6 Å². The zero-order valence-electron chi connectivity index (χ0n) is 9.97. The number of para-hydroxylation sites is 1. The molecule has 0 saturated carbocycles. The number of anilines is 1. The zero-order chi connectivity index (χ0) is 12.6. The van der Waals surface area contributed by atoms with Crippen LogP contribution in [0.25, 0.3) is 0 Å². The van der Waals surface area contributed by atoms with Crippen molar-refractivity contribution in [3.8, 4) is 5.75 Å². The van der Waals surface area contributed by atoms with Crippen molar-refractivity contribution in [3.63, 3.8) is 0 Å². The highest BCUT2D eigenvalue weighted by Crippen LogP contribution is 2.15. The summed E-state index contributed by atoms with van der Waals surface area (Å²) in [5.41, 5.74) is 1.14. The van der Waals surface area contributed by atoms with Crippen LogP contribution < -0.4 is 10.1 Å². The summed E-state index contributed by atoms with van der Waals surface area (Å²) in [5, 5.41) is 3.34. The molecule has 0 atom stereocenters. The highest BCUT2D eigenvalue weighted by Gasteiger charge is 1.95. The lowest BCUT2D eigenvalue weighted by Gasteiger charge is -2.08. The van der Waals surface area contributed by atoms with Gasteiger partial charge in [-0.1, -0.05) is 18.2 Å². The number of benzene rings is 1. The Morgan fingerprint density at radius 1 is 1.17 bits per heavy atom. The molecule has 0 amide bonds. The molecule has 2 aromatic rings. The van der Waals surface area contributed by atoms with E-state index >= 15 is 0 Å². The standard InChI is InChI=1S/C14H15BrN2O/c15-12-9-14(11-16-10-12)18-8-4-7-17-13-5-2-1-3-6-13/h1-3,5-6,9-11,17H,4,7-8H2. The fourth-order valence-electron chi connectivity index (χ4n) is 1.52. The van der Waals surface area contributed by atoms with Gasteiger partial charge in [0.25, 0.3) is 0 Å². The Balaban J connectivity index is 1.65. The molecule has 0 radical (unpaired) electrons. The Morgan fingerprint density at radius 2 is 2.00 bits per heavy atom. The highest BCUT2D eigenvalue weighted by atomic mass is 79.9. The van der Waals surface area contributed by atoms with E-state index in [2.05, 4.69) is 38.4 Å². The molecule has 94 valence electrons. The molecule has 1 aromatic carbocycles. The molecule has 18 heavy (non-hydrogen) atoms. The topological polar surface area (TPSA) is 34.1 Å². The van der Waals surface area contributed by atoms with Crippen LogP contribution in [0, 0.1) is 0 Å². The van der Waals surface area contributed by atoms with Crippen LogP contribution in [0.1, 0.15) is 6.42 Å². The molecule has 0 saturated heterocycles. The van der Waals surface area contributed by atoms with Crippen LogP contribution in [0.5, 0.6) is 5.75 Å². The first-order valence-corrected chi connectivity index (χ1v) is 6.66. The van der Waals surface area contributed by atoms with Crippen LogP contribution in [0.3, 0.4) is 0 Å². The van der Waals surface area contributed by atoms with E-state index < -0.39 is 0 Å². The molecular formula is C14H15BrN2O. The fourth-order valence-corrected chi connectivity index (χ4v) is 1.87. The molecule has 0 aliphatic rings. The molecule has 0 unspecified atom stereocenters. The van der Waals surface area contributed by atoms with Gasteiger partial charge in [0.2, 0.25) is 0 Å². The van der Waals surface area contributed by atoms with Gasteiger partial charge in [0, 0.05) is 22.9 Å². The maximum atomic E-state index is 5.59. The van der Waals surface area contributed by atoms with Crippen LogP contribution in [0.15, 0.2) is 53.3 Å². The highest BCUT2D eigenvalue weighted by molar-refractivity contribution is 9.10. The van der Waals surface area contributed by atoms with Crippen LogP contribution in [-0.2, 0) is 0 Å². The van der Waals surface area contributed by atoms with Crippen molar-refractivity contribution in [2.24, 2.45) is 0 Å². The van der Waals surface area contributed by atoms with Crippen molar-refractivity contribution in [2.75, 3.05) is 18.5 Å². The number of nitrogens with zero attached hydrogens (tertiary/aromatic N) is 1. The number of hydrogen-bond donors (Lipinski definition) is 1. The zero-order valence-corrected chi connectivity index (χ0v) is 11.6. The third kappa shape index (κ3) is 4.37. The van der Waals surface area contributed by atoms with E-state index in [0.29, 0.717) is 6.61 Å². The fraction of sp³-hybridized carbons (Fsp3) is 0.214. The maximum absolute atomic E-state index is 5.59. The Morgan fingerprint density at radius 3 is 2.78 bits per heavy atom. The number of hydrogen-bond acceptors (Lipinski definition) is 3. The SMILES string of the molecule is Brc1cncc(OCCCNc2ccccc2)c1. The van der Waals surface area contributed by atoms with E-state index in [-0.39, 0.29) is 0 Å². The Bertz CT molecular complexity index is 476. The second kappa shape index (κ2) is 7.01. The van der Waals surface area contributed by atoms with Gasteiger partial charge in [-0.05, 0) is 40.5 Å². The number of aromatic nitrogens is 1. The van der Waals surface area contributed by atoms with Crippen LogP contribution >= 0.6 is 15.9 Å². The van der Waals surface area contributed by atoms with Crippen LogP contribution in [0.4, 0.5) is 5.69 Å². The van der Waals surface area contributed by atoms with E-state index in [1.165, 1.54) is 0 Å². The maximum Gasteiger partial charge on any atom is 0.138 e. The van der Waals surface area contributed by atoms with Gasteiger partial charge in [-0.15, -0.1) is 0 Å². The monoisotopic (exact) mass is 306 g/mol. The largest absolute Gasteiger partial charge is 0.492 e. The summed E-state index contributed by atoms with van der Waals surface area (Å²) in [7, 11) is 0. The lowest BCUT2D eigenvalue weighted by molar-refractivity contribution is 0.313. The van der Waals surface area contributed by atoms with Gasteiger partial charge in [0.15, 0.2) is 0 Å². The average molecular weight is 307 g/mol. The number of ether oxygens (including phenoxy) is 1. The predicted octanol–water partition coefficient (Wildman–Crippen LogP) is 3.73. The number of halogens is 1. The van der Waals surface area contributed by atoms with Crippen LogP contribution in [0.2, 0.25) is 0 Å². The summed E-state index contributed by atoms with van der Waals surface area (Å²) in [6.45, 7) is 1.57. The third-order valence-corrected chi connectivity index (χ3v) is 2.81. The number of rotatable bonds is 6. The van der Waals surface area contributed by atoms with E-state index in [1.54, 1.807) is 12.4 Å². The molecule has 4 heteroatoms. The molecule has 1 heterocycles. The normalized spacial score (nSPS) is 10.1.